The lowest BCUT2D eigenvalue weighted by Gasteiger charge is -2.36. The summed E-state index contributed by atoms with van der Waals surface area (Å²) >= 11 is 0. The van der Waals surface area contributed by atoms with Crippen molar-refractivity contribution < 1.29 is 17.9 Å². The summed E-state index contributed by atoms with van der Waals surface area (Å²) in [5, 5.41) is 2.95. The number of piperazine rings is 1. The third kappa shape index (κ3) is 5.81. The van der Waals surface area contributed by atoms with Crippen LogP contribution in [0, 0.1) is 0 Å². The Hall–Kier alpha value is -2.42. The number of carbonyl (C=O) groups is 1. The molecular weight excluding hydrogens is 402 g/mol. The van der Waals surface area contributed by atoms with Crippen molar-refractivity contribution in [2.75, 3.05) is 33.3 Å². The molecule has 1 unspecified atom stereocenters. The number of benzene rings is 2. The summed E-state index contributed by atoms with van der Waals surface area (Å²) in [6, 6.07) is 16.4. The van der Waals surface area contributed by atoms with Gasteiger partial charge in [0.2, 0.25) is 15.9 Å². The van der Waals surface area contributed by atoms with Crippen molar-refractivity contribution >= 4 is 15.9 Å². The van der Waals surface area contributed by atoms with Crippen molar-refractivity contribution in [1.82, 2.24) is 14.5 Å². The summed E-state index contributed by atoms with van der Waals surface area (Å²) in [5.41, 5.74) is 1.75. The fourth-order valence-corrected chi connectivity index (χ4v) is 5.05. The van der Waals surface area contributed by atoms with Crippen molar-refractivity contribution in [2.24, 2.45) is 0 Å². The molecule has 0 radical (unpaired) electrons. The van der Waals surface area contributed by atoms with Gasteiger partial charge in [0.1, 0.15) is 5.75 Å². The first-order valence-corrected chi connectivity index (χ1v) is 11.7. The second-order valence-corrected chi connectivity index (χ2v) is 9.39. The summed E-state index contributed by atoms with van der Waals surface area (Å²) < 4.78 is 32.1. The molecule has 1 atom stereocenters. The number of hydrogen-bond acceptors (Lipinski definition) is 5. The maximum Gasteiger partial charge on any atom is 0.237 e. The van der Waals surface area contributed by atoms with Crippen LogP contribution in [0.5, 0.6) is 5.75 Å². The molecule has 0 aliphatic carbocycles. The van der Waals surface area contributed by atoms with Crippen molar-refractivity contribution in [3.63, 3.8) is 0 Å². The minimum Gasteiger partial charge on any atom is -0.497 e. The van der Waals surface area contributed by atoms with Crippen molar-refractivity contribution in [1.29, 1.82) is 0 Å². The van der Waals surface area contributed by atoms with Gasteiger partial charge in [-0.05, 0) is 30.2 Å². The molecular formula is C22H29N3O4S. The average molecular weight is 432 g/mol. The molecule has 0 spiro atoms. The number of sulfonamides is 1. The third-order valence-corrected chi connectivity index (χ3v) is 7.24. The van der Waals surface area contributed by atoms with Gasteiger partial charge < -0.3 is 10.1 Å². The topological polar surface area (TPSA) is 79.0 Å². The van der Waals surface area contributed by atoms with E-state index in [2.05, 4.69) is 5.32 Å². The maximum absolute atomic E-state index is 12.7. The Morgan fingerprint density at radius 2 is 1.70 bits per heavy atom. The van der Waals surface area contributed by atoms with Gasteiger partial charge in [0, 0.05) is 32.7 Å². The fourth-order valence-electron chi connectivity index (χ4n) is 3.53. The van der Waals surface area contributed by atoms with Crippen molar-refractivity contribution in [2.45, 2.75) is 25.3 Å². The molecule has 3 rings (SSSR count). The van der Waals surface area contributed by atoms with Crippen LogP contribution in [0.2, 0.25) is 0 Å². The Balaban J connectivity index is 1.49. The number of rotatable bonds is 8. The van der Waals surface area contributed by atoms with Gasteiger partial charge in [-0.2, -0.15) is 4.31 Å². The van der Waals surface area contributed by atoms with Gasteiger partial charge in [-0.15, -0.1) is 0 Å². The van der Waals surface area contributed by atoms with Crippen molar-refractivity contribution in [3.8, 4) is 5.75 Å². The number of nitrogens with one attached hydrogen (secondary N) is 1. The van der Waals surface area contributed by atoms with Crippen LogP contribution in [0.4, 0.5) is 0 Å². The van der Waals surface area contributed by atoms with E-state index in [0.29, 0.717) is 32.7 Å². The highest BCUT2D eigenvalue weighted by Crippen LogP contribution is 2.16. The van der Waals surface area contributed by atoms with E-state index in [0.717, 1.165) is 16.9 Å². The number of nitrogens with zero attached hydrogens (tertiary/aromatic N) is 2. The zero-order valence-corrected chi connectivity index (χ0v) is 18.3. The molecule has 1 fully saturated rings. The lowest BCUT2D eigenvalue weighted by atomic mass is 10.2. The van der Waals surface area contributed by atoms with Crippen LogP contribution in [-0.2, 0) is 27.1 Å². The zero-order chi connectivity index (χ0) is 21.6. The van der Waals surface area contributed by atoms with Gasteiger partial charge in [-0.3, -0.25) is 9.69 Å². The van der Waals surface area contributed by atoms with Gasteiger partial charge in [0.15, 0.2) is 0 Å². The molecule has 1 amide bonds. The van der Waals surface area contributed by atoms with Crippen LogP contribution >= 0.6 is 0 Å². The summed E-state index contributed by atoms with van der Waals surface area (Å²) in [7, 11) is -1.75. The highest BCUT2D eigenvalue weighted by atomic mass is 32.2. The SMILES string of the molecule is COc1cccc(CNC(=O)C(C)N2CCN(S(=O)(=O)Cc3ccccc3)CC2)c1. The molecule has 30 heavy (non-hydrogen) atoms. The monoisotopic (exact) mass is 431 g/mol. The predicted molar refractivity (Wildman–Crippen MR) is 117 cm³/mol. The Bertz CT molecular complexity index is 942. The van der Waals surface area contributed by atoms with Gasteiger partial charge in [0.25, 0.3) is 0 Å². The third-order valence-electron chi connectivity index (χ3n) is 5.39. The second-order valence-electron chi connectivity index (χ2n) is 7.42. The predicted octanol–water partition coefficient (Wildman–Crippen LogP) is 1.85. The van der Waals surface area contributed by atoms with Crippen LogP contribution in [0.15, 0.2) is 54.6 Å². The Kier molecular flexibility index (Phi) is 7.47. The molecule has 1 N–H and O–H groups in total. The quantitative estimate of drug-likeness (QED) is 0.690. The highest BCUT2D eigenvalue weighted by molar-refractivity contribution is 7.88. The number of ether oxygens (including phenoxy) is 1. The highest BCUT2D eigenvalue weighted by Gasteiger charge is 2.30. The van der Waals surface area contributed by atoms with Crippen LogP contribution in [0.3, 0.4) is 0 Å². The number of amides is 1. The first-order chi connectivity index (χ1) is 14.4. The van der Waals surface area contributed by atoms with Crippen LogP contribution in [-0.4, -0.2) is 62.9 Å². The van der Waals surface area contributed by atoms with Gasteiger partial charge in [-0.1, -0.05) is 42.5 Å². The molecule has 0 bridgehead atoms. The molecule has 1 heterocycles. The Labute approximate surface area is 178 Å². The van der Waals surface area contributed by atoms with E-state index in [1.54, 1.807) is 7.11 Å². The molecule has 7 nitrogen and oxygen atoms in total. The fraction of sp³-hybridized carbons (Fsp3) is 0.409. The zero-order valence-electron chi connectivity index (χ0n) is 17.5. The molecule has 162 valence electrons. The smallest absolute Gasteiger partial charge is 0.237 e. The first kappa shape index (κ1) is 22.3. The van der Waals surface area contributed by atoms with E-state index >= 15 is 0 Å². The van der Waals surface area contributed by atoms with Crippen molar-refractivity contribution in [3.05, 3.63) is 65.7 Å². The van der Waals surface area contributed by atoms with Gasteiger partial charge in [0.05, 0.1) is 18.9 Å². The Morgan fingerprint density at radius 3 is 2.37 bits per heavy atom. The molecule has 1 saturated heterocycles. The lowest BCUT2D eigenvalue weighted by Crippen LogP contribution is -2.54. The van der Waals surface area contributed by atoms with Crippen LogP contribution in [0.1, 0.15) is 18.1 Å². The van der Waals surface area contributed by atoms with E-state index in [-0.39, 0.29) is 17.7 Å². The molecule has 0 saturated carbocycles. The normalized spacial score (nSPS) is 16.7. The molecule has 1 aliphatic heterocycles. The minimum absolute atomic E-state index is 0.00438. The standard InChI is InChI=1S/C22H29N3O4S/c1-18(22(26)23-16-20-9-6-10-21(15-20)29-2)24-11-13-25(14-12-24)30(27,28)17-19-7-4-3-5-8-19/h3-10,15,18H,11-14,16-17H2,1-2H3,(H,23,26). The largest absolute Gasteiger partial charge is 0.497 e. The summed E-state index contributed by atoms with van der Waals surface area (Å²) in [5.74, 6) is 0.686. The minimum atomic E-state index is -3.36. The molecule has 0 aromatic heterocycles. The first-order valence-electron chi connectivity index (χ1n) is 10.1. The second kappa shape index (κ2) is 10.1. The maximum atomic E-state index is 12.7. The van der Waals surface area contributed by atoms with E-state index in [1.807, 2.05) is 66.4 Å². The van der Waals surface area contributed by atoms with E-state index < -0.39 is 10.0 Å². The van der Waals surface area contributed by atoms with Gasteiger partial charge in [-0.25, -0.2) is 8.42 Å². The van der Waals surface area contributed by atoms with Gasteiger partial charge >= 0.3 is 0 Å². The Morgan fingerprint density at radius 1 is 1.03 bits per heavy atom. The summed E-state index contributed by atoms with van der Waals surface area (Å²) in [4.78, 5) is 14.6. The van der Waals surface area contributed by atoms with E-state index in [4.69, 9.17) is 4.74 Å². The van der Waals surface area contributed by atoms with E-state index in [9.17, 15) is 13.2 Å². The molecule has 2 aromatic carbocycles. The average Bonchev–Trinajstić information content (AvgIpc) is 2.77. The molecule has 8 heteroatoms. The number of hydrogen-bond donors (Lipinski definition) is 1. The summed E-state index contributed by atoms with van der Waals surface area (Å²) in [6.45, 7) is 4.12. The van der Waals surface area contributed by atoms with Crippen LogP contribution in [0.25, 0.3) is 0 Å². The number of carbonyl (C=O) groups excluding carboxylic acids is 1. The molecule has 2 aromatic rings. The lowest BCUT2D eigenvalue weighted by molar-refractivity contribution is -0.126. The van der Waals surface area contributed by atoms with E-state index in [1.165, 1.54) is 4.31 Å². The molecule has 1 aliphatic rings. The number of methoxy groups -OCH3 is 1. The van der Waals surface area contributed by atoms with Crippen LogP contribution < -0.4 is 10.1 Å². The summed E-state index contributed by atoms with van der Waals surface area (Å²) in [6.07, 6.45) is 0.